The quantitative estimate of drug-likeness (QED) is 0.530. The fraction of sp³-hybridized carbons (Fsp3) is 0.923. The molecule has 0 amide bonds. The van der Waals surface area contributed by atoms with Crippen LogP contribution >= 0.6 is 0 Å². The maximum Gasteiger partial charge on any atom is -0.0442 e. The van der Waals surface area contributed by atoms with E-state index in [2.05, 4.69) is 48.0 Å². The van der Waals surface area contributed by atoms with E-state index in [4.69, 9.17) is 0 Å². The van der Waals surface area contributed by atoms with Crippen LogP contribution < -0.4 is 0 Å². The zero-order valence-electron chi connectivity index (χ0n) is 10.3. The van der Waals surface area contributed by atoms with Crippen LogP contribution in [-0.2, 0) is 0 Å². The molecule has 4 unspecified atom stereocenters. The first kappa shape index (κ1) is 13.0. The molecule has 0 bridgehead atoms. The van der Waals surface area contributed by atoms with Crippen molar-refractivity contribution in [2.24, 2.45) is 23.7 Å². The SMILES string of the molecule is CCC(C)[CH-]C(C)C(C)C(C)CC. The van der Waals surface area contributed by atoms with Crippen LogP contribution in [0.4, 0.5) is 0 Å². The van der Waals surface area contributed by atoms with E-state index < -0.39 is 0 Å². The van der Waals surface area contributed by atoms with Crippen molar-refractivity contribution in [3.63, 3.8) is 0 Å². The zero-order chi connectivity index (χ0) is 10.4. The summed E-state index contributed by atoms with van der Waals surface area (Å²) < 4.78 is 0. The lowest BCUT2D eigenvalue weighted by Gasteiger charge is -2.35. The minimum atomic E-state index is 0.768. The number of hydrogen-bond donors (Lipinski definition) is 0. The monoisotopic (exact) mass is 183 g/mol. The molecule has 0 N–H and O–H groups in total. The molecule has 80 valence electrons. The van der Waals surface area contributed by atoms with E-state index in [9.17, 15) is 0 Å². The van der Waals surface area contributed by atoms with Crippen molar-refractivity contribution < 1.29 is 0 Å². The van der Waals surface area contributed by atoms with Crippen molar-refractivity contribution in [3.8, 4) is 0 Å². The molecule has 0 spiro atoms. The molecule has 0 aromatic heterocycles. The normalized spacial score (nSPS) is 20.8. The molecule has 0 heteroatoms. The predicted molar refractivity (Wildman–Crippen MR) is 61.5 cm³/mol. The van der Waals surface area contributed by atoms with Gasteiger partial charge in [-0.1, -0.05) is 60.3 Å². The summed E-state index contributed by atoms with van der Waals surface area (Å²) in [7, 11) is 0. The average molecular weight is 183 g/mol. The molecule has 0 aliphatic carbocycles. The van der Waals surface area contributed by atoms with Gasteiger partial charge in [0, 0.05) is 0 Å². The Labute approximate surface area is 85.1 Å². The van der Waals surface area contributed by atoms with Crippen LogP contribution in [-0.4, -0.2) is 0 Å². The van der Waals surface area contributed by atoms with Crippen molar-refractivity contribution in [1.29, 1.82) is 0 Å². The molecular formula is C13H27-. The van der Waals surface area contributed by atoms with E-state index in [1.54, 1.807) is 0 Å². The van der Waals surface area contributed by atoms with Crippen molar-refractivity contribution in [3.05, 3.63) is 6.42 Å². The third-order valence-electron chi connectivity index (χ3n) is 3.65. The molecule has 0 radical (unpaired) electrons. The van der Waals surface area contributed by atoms with Crippen LogP contribution in [0.5, 0.6) is 0 Å². The second-order valence-corrected chi connectivity index (χ2v) is 4.68. The molecule has 0 aromatic carbocycles. The van der Waals surface area contributed by atoms with Gasteiger partial charge in [0.25, 0.3) is 0 Å². The second kappa shape index (κ2) is 6.45. The molecule has 0 saturated carbocycles. The Bertz CT molecular complexity index is 117. The smallest absolute Gasteiger partial charge is 0.0442 e. The van der Waals surface area contributed by atoms with E-state index in [0.29, 0.717) is 0 Å². The zero-order valence-corrected chi connectivity index (χ0v) is 10.3. The van der Waals surface area contributed by atoms with E-state index in [-0.39, 0.29) is 0 Å². The predicted octanol–water partition coefficient (Wildman–Crippen LogP) is 4.56. The van der Waals surface area contributed by atoms with Gasteiger partial charge < -0.3 is 6.42 Å². The number of hydrogen-bond acceptors (Lipinski definition) is 0. The van der Waals surface area contributed by atoms with Crippen LogP contribution in [0, 0.1) is 30.1 Å². The van der Waals surface area contributed by atoms with Crippen molar-refractivity contribution in [1.82, 2.24) is 0 Å². The van der Waals surface area contributed by atoms with Gasteiger partial charge in [-0.15, -0.1) is 0 Å². The molecule has 0 aromatic rings. The Balaban J connectivity index is 3.87. The lowest BCUT2D eigenvalue weighted by atomic mass is 9.79. The second-order valence-electron chi connectivity index (χ2n) is 4.68. The molecule has 0 saturated heterocycles. The summed E-state index contributed by atoms with van der Waals surface area (Å²) in [5.74, 6) is 3.24. The minimum Gasteiger partial charge on any atom is -0.323 e. The average Bonchev–Trinajstić information content (AvgIpc) is 2.14. The summed E-state index contributed by atoms with van der Waals surface area (Å²) in [5, 5.41) is 0. The molecule has 0 fully saturated rings. The van der Waals surface area contributed by atoms with Crippen molar-refractivity contribution in [2.75, 3.05) is 0 Å². The summed E-state index contributed by atoms with van der Waals surface area (Å²) in [6.07, 6.45) is 5.11. The van der Waals surface area contributed by atoms with Gasteiger partial charge in [0.1, 0.15) is 0 Å². The Morgan fingerprint density at radius 2 is 1.46 bits per heavy atom. The maximum absolute atomic E-state index is 2.52. The molecule has 0 aliphatic rings. The topological polar surface area (TPSA) is 0 Å². The fourth-order valence-electron chi connectivity index (χ4n) is 1.72. The first-order valence-corrected chi connectivity index (χ1v) is 5.87. The Kier molecular flexibility index (Phi) is 6.45. The lowest BCUT2D eigenvalue weighted by Crippen LogP contribution is -2.18. The largest absolute Gasteiger partial charge is 0.323 e. The third-order valence-corrected chi connectivity index (χ3v) is 3.65. The summed E-state index contributed by atoms with van der Waals surface area (Å²) in [6, 6.07) is 0. The van der Waals surface area contributed by atoms with Gasteiger partial charge in [-0.3, -0.25) is 0 Å². The third kappa shape index (κ3) is 4.69. The van der Waals surface area contributed by atoms with Crippen LogP contribution in [0.1, 0.15) is 54.4 Å². The van der Waals surface area contributed by atoms with Crippen molar-refractivity contribution >= 4 is 0 Å². The lowest BCUT2D eigenvalue weighted by molar-refractivity contribution is 0.283. The van der Waals surface area contributed by atoms with Gasteiger partial charge in [-0.05, 0) is 5.92 Å². The van der Waals surface area contributed by atoms with Crippen LogP contribution in [0.3, 0.4) is 0 Å². The Morgan fingerprint density at radius 1 is 0.923 bits per heavy atom. The van der Waals surface area contributed by atoms with Gasteiger partial charge in [0.2, 0.25) is 0 Å². The molecule has 4 atom stereocenters. The Morgan fingerprint density at radius 3 is 1.85 bits per heavy atom. The minimum absolute atomic E-state index is 0.768. The van der Waals surface area contributed by atoms with Gasteiger partial charge in [-0.25, -0.2) is 0 Å². The highest BCUT2D eigenvalue weighted by molar-refractivity contribution is 4.82. The van der Waals surface area contributed by atoms with Gasteiger partial charge in [0.05, 0.1) is 0 Å². The first-order valence-electron chi connectivity index (χ1n) is 5.87. The van der Waals surface area contributed by atoms with Gasteiger partial charge in [0.15, 0.2) is 0 Å². The van der Waals surface area contributed by atoms with E-state index >= 15 is 0 Å². The summed E-state index contributed by atoms with van der Waals surface area (Å²) in [4.78, 5) is 0. The maximum atomic E-state index is 2.52. The highest BCUT2D eigenvalue weighted by Gasteiger charge is 2.12. The Hall–Kier alpha value is 0. The van der Waals surface area contributed by atoms with Crippen LogP contribution in [0.25, 0.3) is 0 Å². The van der Waals surface area contributed by atoms with Crippen LogP contribution in [0.2, 0.25) is 0 Å². The first-order chi connectivity index (χ1) is 6.02. The highest BCUT2D eigenvalue weighted by Crippen LogP contribution is 2.27. The standard InChI is InChI=1S/C13H27/c1-7-10(3)9-12(5)13(6)11(4)8-2/h9-13H,7-8H2,1-6H3/q-1. The van der Waals surface area contributed by atoms with E-state index in [1.165, 1.54) is 12.8 Å². The number of rotatable bonds is 6. The van der Waals surface area contributed by atoms with E-state index in [1.807, 2.05) is 0 Å². The summed E-state index contributed by atoms with van der Waals surface area (Å²) in [6.45, 7) is 14.0. The molecule has 0 rings (SSSR count). The molecule has 0 aliphatic heterocycles. The van der Waals surface area contributed by atoms with E-state index in [0.717, 1.165) is 23.7 Å². The molecule has 0 nitrogen and oxygen atoms in total. The summed E-state index contributed by atoms with van der Waals surface area (Å²) in [5.41, 5.74) is 0. The van der Waals surface area contributed by atoms with Gasteiger partial charge in [-0.2, -0.15) is 11.8 Å². The molecule has 13 heavy (non-hydrogen) atoms. The van der Waals surface area contributed by atoms with Crippen LogP contribution in [0.15, 0.2) is 0 Å². The molecule has 0 heterocycles. The highest BCUT2D eigenvalue weighted by atomic mass is 14.2. The van der Waals surface area contributed by atoms with Crippen molar-refractivity contribution in [2.45, 2.75) is 54.4 Å². The molecular weight excluding hydrogens is 156 g/mol. The van der Waals surface area contributed by atoms with Gasteiger partial charge >= 0.3 is 0 Å². The summed E-state index contributed by atoms with van der Waals surface area (Å²) >= 11 is 0. The fourth-order valence-corrected chi connectivity index (χ4v) is 1.72.